The lowest BCUT2D eigenvalue weighted by Crippen LogP contribution is -2.39. The van der Waals surface area contributed by atoms with Gasteiger partial charge < -0.3 is 19.9 Å². The number of carbonyl (C=O) groups is 1. The first-order valence-corrected chi connectivity index (χ1v) is 9.89. The number of imidazole rings is 1. The highest BCUT2D eigenvalue weighted by Gasteiger charge is 2.17. The third-order valence-electron chi connectivity index (χ3n) is 5.13. The van der Waals surface area contributed by atoms with Crippen LogP contribution >= 0.6 is 24.8 Å². The smallest absolute Gasteiger partial charge is 0.240 e. The van der Waals surface area contributed by atoms with Crippen LogP contribution in [0.3, 0.4) is 0 Å². The quantitative estimate of drug-likeness (QED) is 0.577. The van der Waals surface area contributed by atoms with Crippen molar-refractivity contribution < 1.29 is 9.53 Å². The number of aromatic nitrogens is 2. The van der Waals surface area contributed by atoms with E-state index in [1.165, 1.54) is 6.42 Å². The zero-order chi connectivity index (χ0) is 19.2. The molecule has 1 aliphatic heterocycles. The van der Waals surface area contributed by atoms with Gasteiger partial charge in [0.1, 0.15) is 24.7 Å². The summed E-state index contributed by atoms with van der Waals surface area (Å²) >= 11 is 0. The van der Waals surface area contributed by atoms with E-state index in [1.54, 1.807) is 0 Å². The summed E-state index contributed by atoms with van der Waals surface area (Å²) in [5, 5.41) is 6.47. The van der Waals surface area contributed by atoms with Crippen molar-refractivity contribution in [3.63, 3.8) is 0 Å². The van der Waals surface area contributed by atoms with Crippen LogP contribution < -0.4 is 15.4 Å². The van der Waals surface area contributed by atoms with Crippen molar-refractivity contribution in [3.8, 4) is 5.75 Å². The fourth-order valence-corrected chi connectivity index (χ4v) is 3.63. The molecule has 2 N–H and O–H groups in total. The topological polar surface area (TPSA) is 68.2 Å². The van der Waals surface area contributed by atoms with Gasteiger partial charge >= 0.3 is 0 Å². The van der Waals surface area contributed by atoms with Gasteiger partial charge in [0, 0.05) is 6.54 Å². The normalized spacial score (nSPS) is 15.7. The van der Waals surface area contributed by atoms with Gasteiger partial charge in [0.05, 0.1) is 11.0 Å². The number of rotatable bonds is 7. The average molecular weight is 451 g/mol. The largest absolute Gasteiger partial charge is 0.486 e. The number of ether oxygens (including phenoxy) is 1. The van der Waals surface area contributed by atoms with E-state index in [1.807, 2.05) is 59.2 Å². The highest BCUT2D eigenvalue weighted by molar-refractivity contribution is 5.85. The zero-order valence-electron chi connectivity index (χ0n) is 16.8. The predicted octanol–water partition coefficient (Wildman–Crippen LogP) is 3.57. The van der Waals surface area contributed by atoms with Gasteiger partial charge in [-0.15, -0.1) is 24.8 Å². The van der Waals surface area contributed by atoms with Crippen LogP contribution in [0.4, 0.5) is 0 Å². The van der Waals surface area contributed by atoms with Crippen LogP contribution in [0.15, 0.2) is 54.6 Å². The standard InChI is InChI=1S/C22H26N4O2.2ClH/c27-22(24-14-17-7-6-12-23-13-17)15-26-20-11-5-4-10-19(20)25-21(26)16-28-18-8-2-1-3-9-18;;/h1-5,8-11,17,23H,6-7,12-16H2,(H,24,27);2*1H. The second-order valence-electron chi connectivity index (χ2n) is 7.22. The third-order valence-corrected chi connectivity index (χ3v) is 5.13. The average Bonchev–Trinajstić information content (AvgIpc) is 3.10. The van der Waals surface area contributed by atoms with Crippen molar-refractivity contribution in [2.45, 2.75) is 26.0 Å². The lowest BCUT2D eigenvalue weighted by Gasteiger charge is -2.23. The van der Waals surface area contributed by atoms with Crippen LogP contribution in [0, 0.1) is 5.92 Å². The Morgan fingerprint density at radius 1 is 1.13 bits per heavy atom. The number of hydrogen-bond acceptors (Lipinski definition) is 4. The Hall–Kier alpha value is -2.28. The number of piperidine rings is 1. The molecule has 6 nitrogen and oxygen atoms in total. The van der Waals surface area contributed by atoms with Gasteiger partial charge in [-0.3, -0.25) is 4.79 Å². The van der Waals surface area contributed by atoms with Crippen LogP contribution in [0.1, 0.15) is 18.7 Å². The first-order chi connectivity index (χ1) is 13.8. The van der Waals surface area contributed by atoms with Crippen molar-refractivity contribution in [2.75, 3.05) is 19.6 Å². The molecular formula is C22H28Cl2N4O2. The molecule has 2 heterocycles. The number of fused-ring (bicyclic) bond motifs is 1. The summed E-state index contributed by atoms with van der Waals surface area (Å²) < 4.78 is 7.83. The molecule has 162 valence electrons. The Labute approximate surface area is 189 Å². The second kappa shape index (κ2) is 11.8. The van der Waals surface area contributed by atoms with E-state index < -0.39 is 0 Å². The van der Waals surface area contributed by atoms with Crippen LogP contribution in [-0.2, 0) is 17.9 Å². The number of nitrogens with zero attached hydrogens (tertiary/aromatic N) is 2. The SMILES string of the molecule is Cl.Cl.O=C(Cn1c(COc2ccccc2)nc2ccccc21)NCC1CCCNC1. The fraction of sp³-hybridized carbons (Fsp3) is 0.364. The molecule has 0 bridgehead atoms. The van der Waals surface area contributed by atoms with Crippen molar-refractivity contribution >= 4 is 41.8 Å². The van der Waals surface area contributed by atoms with E-state index in [4.69, 9.17) is 4.74 Å². The Kier molecular flexibility index (Phi) is 9.43. The molecule has 0 radical (unpaired) electrons. The summed E-state index contributed by atoms with van der Waals surface area (Å²) in [4.78, 5) is 17.3. The first-order valence-electron chi connectivity index (χ1n) is 9.89. The predicted molar refractivity (Wildman–Crippen MR) is 124 cm³/mol. The first kappa shape index (κ1) is 24.0. The number of hydrogen-bond donors (Lipinski definition) is 2. The minimum atomic E-state index is 0. The van der Waals surface area contributed by atoms with E-state index in [0.29, 0.717) is 19.1 Å². The highest BCUT2D eigenvalue weighted by atomic mass is 35.5. The van der Waals surface area contributed by atoms with Gasteiger partial charge in [-0.05, 0) is 56.1 Å². The molecule has 1 fully saturated rings. The molecule has 8 heteroatoms. The molecule has 0 spiro atoms. The summed E-state index contributed by atoms with van der Waals surface area (Å²) in [6.07, 6.45) is 2.34. The fourth-order valence-electron chi connectivity index (χ4n) is 3.63. The molecule has 1 saturated heterocycles. The molecule has 1 aliphatic rings. The molecule has 1 aromatic heterocycles. The molecule has 30 heavy (non-hydrogen) atoms. The van der Waals surface area contributed by atoms with E-state index in [2.05, 4.69) is 15.6 Å². The van der Waals surface area contributed by atoms with Crippen LogP contribution in [-0.4, -0.2) is 35.1 Å². The summed E-state index contributed by atoms with van der Waals surface area (Å²) in [6.45, 7) is 3.33. The number of para-hydroxylation sites is 3. The monoisotopic (exact) mass is 450 g/mol. The number of amides is 1. The maximum atomic E-state index is 12.6. The lowest BCUT2D eigenvalue weighted by atomic mass is 10.00. The van der Waals surface area contributed by atoms with E-state index >= 15 is 0 Å². The second-order valence-corrected chi connectivity index (χ2v) is 7.22. The van der Waals surface area contributed by atoms with Crippen LogP contribution in [0.2, 0.25) is 0 Å². The number of carbonyl (C=O) groups excluding carboxylic acids is 1. The van der Waals surface area contributed by atoms with Gasteiger partial charge in [0.15, 0.2) is 0 Å². The number of benzene rings is 2. The Morgan fingerprint density at radius 3 is 2.67 bits per heavy atom. The molecule has 1 unspecified atom stereocenters. The number of halogens is 2. The zero-order valence-corrected chi connectivity index (χ0v) is 18.4. The van der Waals surface area contributed by atoms with Gasteiger partial charge in [0.25, 0.3) is 0 Å². The van der Waals surface area contributed by atoms with E-state index in [9.17, 15) is 4.79 Å². The van der Waals surface area contributed by atoms with Crippen molar-refractivity contribution in [3.05, 3.63) is 60.4 Å². The van der Waals surface area contributed by atoms with Crippen molar-refractivity contribution in [1.29, 1.82) is 0 Å². The maximum Gasteiger partial charge on any atom is 0.240 e. The van der Waals surface area contributed by atoms with Gasteiger partial charge in [0.2, 0.25) is 5.91 Å². The Balaban J connectivity index is 0.00000160. The minimum absolute atomic E-state index is 0. The summed E-state index contributed by atoms with van der Waals surface area (Å²) in [7, 11) is 0. The molecular weight excluding hydrogens is 423 g/mol. The van der Waals surface area contributed by atoms with Crippen molar-refractivity contribution in [2.24, 2.45) is 5.92 Å². The number of nitrogens with one attached hydrogen (secondary N) is 2. The lowest BCUT2D eigenvalue weighted by molar-refractivity contribution is -0.121. The van der Waals surface area contributed by atoms with E-state index in [-0.39, 0.29) is 37.3 Å². The summed E-state index contributed by atoms with van der Waals surface area (Å²) in [5.74, 6) is 2.06. The van der Waals surface area contributed by atoms with Gasteiger partial charge in [-0.2, -0.15) is 0 Å². The van der Waals surface area contributed by atoms with Crippen LogP contribution in [0.5, 0.6) is 5.75 Å². The molecule has 2 aromatic carbocycles. The van der Waals surface area contributed by atoms with Gasteiger partial charge in [-0.1, -0.05) is 30.3 Å². The molecule has 1 amide bonds. The van der Waals surface area contributed by atoms with Crippen molar-refractivity contribution in [1.82, 2.24) is 20.2 Å². The Morgan fingerprint density at radius 2 is 1.90 bits per heavy atom. The molecule has 0 saturated carbocycles. The van der Waals surface area contributed by atoms with Gasteiger partial charge in [-0.25, -0.2) is 4.98 Å². The minimum Gasteiger partial charge on any atom is -0.486 e. The third kappa shape index (κ3) is 6.11. The molecule has 0 aliphatic carbocycles. The summed E-state index contributed by atoms with van der Waals surface area (Å²) in [5.41, 5.74) is 1.82. The molecule has 4 rings (SSSR count). The summed E-state index contributed by atoms with van der Waals surface area (Å²) in [6, 6.07) is 17.5. The van der Waals surface area contributed by atoms with E-state index in [0.717, 1.165) is 42.1 Å². The highest BCUT2D eigenvalue weighted by Crippen LogP contribution is 2.18. The maximum absolute atomic E-state index is 12.6. The Bertz CT molecular complexity index is 927. The molecule has 1 atom stereocenters. The van der Waals surface area contributed by atoms with Crippen LogP contribution in [0.25, 0.3) is 11.0 Å². The molecule has 3 aromatic rings.